The Labute approximate surface area is 119 Å². The Bertz CT molecular complexity index is 442. The molecule has 1 unspecified atom stereocenters. The number of rotatable bonds is 5. The first-order chi connectivity index (χ1) is 9.19. The molecule has 0 spiro atoms. The van der Waals surface area contributed by atoms with Crippen LogP contribution in [0.1, 0.15) is 24.8 Å². The quantitative estimate of drug-likeness (QED) is 0.902. The summed E-state index contributed by atoms with van der Waals surface area (Å²) in [6.07, 6.45) is 3.35. The van der Waals surface area contributed by atoms with Crippen LogP contribution in [-0.4, -0.2) is 26.0 Å². The molecular formula is C15H20ClNO2. The fraction of sp³-hybridized carbons (Fsp3) is 0.533. The zero-order valence-corrected chi connectivity index (χ0v) is 12.0. The summed E-state index contributed by atoms with van der Waals surface area (Å²) in [6, 6.07) is 5.41. The number of carbonyl (C=O) groups excluding carboxylic acids is 1. The second-order valence-electron chi connectivity index (χ2n) is 5.09. The third-order valence-electron chi connectivity index (χ3n) is 3.55. The monoisotopic (exact) mass is 281 g/mol. The Hall–Kier alpha value is -1.06. The molecule has 1 aliphatic rings. The molecule has 0 bridgehead atoms. The predicted molar refractivity (Wildman–Crippen MR) is 76.9 cm³/mol. The van der Waals surface area contributed by atoms with Crippen LogP contribution in [0.2, 0.25) is 5.02 Å². The van der Waals surface area contributed by atoms with Crippen molar-refractivity contribution in [3.8, 4) is 5.75 Å². The molecule has 1 aliphatic heterocycles. The maximum atomic E-state index is 12.1. The van der Waals surface area contributed by atoms with Crippen LogP contribution in [-0.2, 0) is 11.2 Å². The largest absolute Gasteiger partial charge is 0.496 e. The van der Waals surface area contributed by atoms with Crippen LogP contribution in [0.4, 0.5) is 0 Å². The van der Waals surface area contributed by atoms with Gasteiger partial charge in [-0.25, -0.2) is 0 Å². The maximum Gasteiger partial charge on any atom is 0.137 e. The molecule has 1 aromatic carbocycles. The molecule has 1 heterocycles. The zero-order chi connectivity index (χ0) is 13.7. The predicted octanol–water partition coefficient (Wildman–Crippen LogP) is 2.85. The van der Waals surface area contributed by atoms with E-state index in [4.69, 9.17) is 16.3 Å². The summed E-state index contributed by atoms with van der Waals surface area (Å²) in [6.45, 7) is 2.03. The summed E-state index contributed by atoms with van der Waals surface area (Å²) >= 11 is 5.97. The van der Waals surface area contributed by atoms with Gasteiger partial charge in [0.25, 0.3) is 0 Å². The highest BCUT2D eigenvalue weighted by molar-refractivity contribution is 6.30. The van der Waals surface area contributed by atoms with Crippen molar-refractivity contribution in [1.29, 1.82) is 0 Å². The molecule has 1 fully saturated rings. The first-order valence-corrected chi connectivity index (χ1v) is 7.11. The Morgan fingerprint density at radius 2 is 2.37 bits per heavy atom. The van der Waals surface area contributed by atoms with Gasteiger partial charge < -0.3 is 10.1 Å². The Morgan fingerprint density at radius 3 is 3.05 bits per heavy atom. The molecule has 0 radical (unpaired) electrons. The van der Waals surface area contributed by atoms with Gasteiger partial charge in [0.15, 0.2) is 0 Å². The topological polar surface area (TPSA) is 38.3 Å². The number of nitrogens with one attached hydrogen (secondary N) is 1. The van der Waals surface area contributed by atoms with Gasteiger partial charge in [-0.15, -0.1) is 0 Å². The van der Waals surface area contributed by atoms with E-state index in [1.165, 1.54) is 6.42 Å². The van der Waals surface area contributed by atoms with E-state index in [1.807, 2.05) is 12.1 Å². The van der Waals surface area contributed by atoms with Crippen LogP contribution < -0.4 is 10.1 Å². The number of halogens is 1. The van der Waals surface area contributed by atoms with Gasteiger partial charge in [-0.3, -0.25) is 4.79 Å². The van der Waals surface area contributed by atoms with Crippen molar-refractivity contribution in [3.63, 3.8) is 0 Å². The summed E-state index contributed by atoms with van der Waals surface area (Å²) in [5.41, 5.74) is 0.878. The number of methoxy groups -OCH3 is 1. The van der Waals surface area contributed by atoms with Gasteiger partial charge >= 0.3 is 0 Å². The summed E-state index contributed by atoms with van der Waals surface area (Å²) < 4.78 is 5.27. The minimum absolute atomic E-state index is 0.259. The molecule has 2 rings (SSSR count). The number of carbonyl (C=O) groups is 1. The van der Waals surface area contributed by atoms with Crippen molar-refractivity contribution in [2.24, 2.45) is 5.92 Å². The van der Waals surface area contributed by atoms with Crippen molar-refractivity contribution in [2.75, 3.05) is 20.2 Å². The lowest BCUT2D eigenvalue weighted by atomic mass is 9.92. The highest BCUT2D eigenvalue weighted by atomic mass is 35.5. The second kappa shape index (κ2) is 6.92. The summed E-state index contributed by atoms with van der Waals surface area (Å²) in [5.74, 6) is 1.47. The first kappa shape index (κ1) is 14.4. The fourth-order valence-corrected chi connectivity index (χ4v) is 2.78. The van der Waals surface area contributed by atoms with Gasteiger partial charge in [0.2, 0.25) is 0 Å². The minimum Gasteiger partial charge on any atom is -0.496 e. The molecule has 0 saturated carbocycles. The van der Waals surface area contributed by atoms with Crippen LogP contribution in [0, 0.1) is 5.92 Å². The van der Waals surface area contributed by atoms with Crippen LogP contribution in [0.15, 0.2) is 18.2 Å². The minimum atomic E-state index is 0.259. The molecular weight excluding hydrogens is 262 g/mol. The second-order valence-corrected chi connectivity index (χ2v) is 5.52. The zero-order valence-electron chi connectivity index (χ0n) is 11.2. The molecule has 0 amide bonds. The van der Waals surface area contributed by atoms with E-state index in [0.29, 0.717) is 23.8 Å². The highest BCUT2D eigenvalue weighted by Gasteiger charge is 2.18. The van der Waals surface area contributed by atoms with Crippen molar-refractivity contribution >= 4 is 17.4 Å². The summed E-state index contributed by atoms with van der Waals surface area (Å²) in [4.78, 5) is 12.1. The average Bonchev–Trinajstić information content (AvgIpc) is 2.40. The Morgan fingerprint density at radius 1 is 1.53 bits per heavy atom. The van der Waals surface area contributed by atoms with Gasteiger partial charge in [-0.2, -0.15) is 0 Å². The average molecular weight is 282 g/mol. The van der Waals surface area contributed by atoms with Gasteiger partial charge in [-0.1, -0.05) is 11.6 Å². The molecule has 19 heavy (non-hydrogen) atoms. The van der Waals surface area contributed by atoms with E-state index in [9.17, 15) is 4.79 Å². The molecule has 4 heteroatoms. The molecule has 0 aromatic heterocycles. The van der Waals surface area contributed by atoms with E-state index in [2.05, 4.69) is 5.32 Å². The lowest BCUT2D eigenvalue weighted by Crippen LogP contribution is -2.31. The fourth-order valence-electron chi connectivity index (χ4n) is 2.59. The van der Waals surface area contributed by atoms with Gasteiger partial charge in [0.1, 0.15) is 11.5 Å². The van der Waals surface area contributed by atoms with Crippen LogP contribution in [0.25, 0.3) is 0 Å². The van der Waals surface area contributed by atoms with Crippen molar-refractivity contribution in [2.45, 2.75) is 25.7 Å². The number of Topliss-reactive ketones (excluding diaryl/α,β-unsaturated/α-hetero) is 1. The summed E-state index contributed by atoms with van der Waals surface area (Å²) in [7, 11) is 1.61. The van der Waals surface area contributed by atoms with E-state index >= 15 is 0 Å². The number of ether oxygens (including phenoxy) is 1. The molecule has 1 N–H and O–H groups in total. The molecule has 104 valence electrons. The summed E-state index contributed by atoms with van der Waals surface area (Å²) in [5, 5.41) is 3.98. The van der Waals surface area contributed by atoms with Crippen molar-refractivity contribution < 1.29 is 9.53 Å². The lowest BCUT2D eigenvalue weighted by Gasteiger charge is -2.22. The lowest BCUT2D eigenvalue weighted by molar-refractivity contribution is -0.119. The molecule has 3 nitrogen and oxygen atoms in total. The van der Waals surface area contributed by atoms with Crippen LogP contribution in [0.5, 0.6) is 5.75 Å². The normalized spacial score (nSPS) is 19.2. The third kappa shape index (κ3) is 4.22. The molecule has 1 atom stereocenters. The van der Waals surface area contributed by atoms with E-state index in [1.54, 1.807) is 13.2 Å². The third-order valence-corrected chi connectivity index (χ3v) is 3.78. The van der Waals surface area contributed by atoms with Gasteiger partial charge in [0.05, 0.1) is 7.11 Å². The van der Waals surface area contributed by atoms with E-state index in [0.717, 1.165) is 30.8 Å². The van der Waals surface area contributed by atoms with Crippen LogP contribution >= 0.6 is 11.6 Å². The first-order valence-electron chi connectivity index (χ1n) is 6.74. The Kier molecular flexibility index (Phi) is 5.23. The highest BCUT2D eigenvalue weighted by Crippen LogP contribution is 2.24. The SMILES string of the molecule is COc1ccc(Cl)cc1CC(=O)CC1CCCNC1. The van der Waals surface area contributed by atoms with Crippen molar-refractivity contribution in [1.82, 2.24) is 5.32 Å². The number of hydrogen-bond acceptors (Lipinski definition) is 3. The van der Waals surface area contributed by atoms with Crippen LogP contribution in [0.3, 0.4) is 0 Å². The number of piperidine rings is 1. The smallest absolute Gasteiger partial charge is 0.137 e. The maximum absolute atomic E-state index is 12.1. The number of ketones is 1. The Balaban J connectivity index is 1.95. The number of benzene rings is 1. The standard InChI is InChI=1S/C15H20ClNO2/c1-19-15-5-4-13(16)8-12(15)9-14(18)7-11-3-2-6-17-10-11/h4-5,8,11,17H,2-3,6-7,9-10H2,1H3. The molecule has 1 saturated heterocycles. The van der Waals surface area contributed by atoms with Gasteiger partial charge in [-0.05, 0) is 50.0 Å². The van der Waals surface area contributed by atoms with Crippen molar-refractivity contribution in [3.05, 3.63) is 28.8 Å². The molecule has 0 aliphatic carbocycles. The number of hydrogen-bond donors (Lipinski definition) is 1. The van der Waals surface area contributed by atoms with E-state index in [-0.39, 0.29) is 5.78 Å². The molecule has 1 aromatic rings. The van der Waals surface area contributed by atoms with E-state index < -0.39 is 0 Å². The van der Waals surface area contributed by atoms with Gasteiger partial charge in [0, 0.05) is 23.4 Å².